The van der Waals surface area contributed by atoms with Gasteiger partial charge in [-0.05, 0) is 68.7 Å². The second-order valence-corrected chi connectivity index (χ2v) is 13.6. The maximum atomic E-state index is 6.06. The molecule has 6 aromatic heterocycles. The summed E-state index contributed by atoms with van der Waals surface area (Å²) in [6.45, 7) is 5.25. The molecule has 0 saturated heterocycles. The van der Waals surface area contributed by atoms with Crippen LogP contribution in [0.5, 0.6) is 23.5 Å². The van der Waals surface area contributed by atoms with Gasteiger partial charge in [-0.25, -0.2) is 39.3 Å². The first-order chi connectivity index (χ1) is 26.4. The molecule has 278 valence electrons. The highest BCUT2D eigenvalue weighted by Gasteiger charge is 2.31. The van der Waals surface area contributed by atoms with Crippen molar-refractivity contribution in [2.75, 3.05) is 37.9 Å². The number of nitrogens with zero attached hydrogens (tertiary/aromatic N) is 10. The third-order valence-corrected chi connectivity index (χ3v) is 9.35. The molecule has 0 aromatic carbocycles. The molecule has 10 rings (SSSR count). The number of fused-ring (bicyclic) bond motifs is 2. The van der Waals surface area contributed by atoms with E-state index in [2.05, 4.69) is 59.2 Å². The molecule has 16 nitrogen and oxygen atoms in total. The van der Waals surface area contributed by atoms with Gasteiger partial charge < -0.3 is 30.4 Å². The standard InChI is InChI=1S/C18H18N6O2.C13H11ClN6O.C6H10O/c19-16-15-17(22-10-21-16)24(13-1-2-13)23-18(15)26-14-9-12(3-6-20-14)11-4-7-25-8-5-11;14-7-3-4-16-9(5-7)21-13-10-11(15)17-6-18-12(10)20(19-13)8-1-2-8;1-6-2-4-7-5-3-6/h3-4,6,9-10,13H,1-2,5,7-8H2,(H2,19,21,22);3-6,8H,1-2H2,(H2,15,17,18);2H,3-5H2,1H3. The Morgan fingerprint density at radius 1 is 0.704 bits per heavy atom. The minimum Gasteiger partial charge on any atom is -0.418 e. The lowest BCUT2D eigenvalue weighted by molar-refractivity contribution is 0.154. The average Bonchev–Trinajstić information content (AvgIpc) is 4.13. The maximum absolute atomic E-state index is 6.06. The number of rotatable bonds is 7. The molecule has 17 heteroatoms. The normalized spacial score (nSPS) is 16.8. The van der Waals surface area contributed by atoms with Crippen LogP contribution in [0.4, 0.5) is 11.6 Å². The first-order valence-corrected chi connectivity index (χ1v) is 18.2. The smallest absolute Gasteiger partial charge is 0.253 e. The quantitative estimate of drug-likeness (QED) is 0.164. The zero-order chi connectivity index (χ0) is 37.0. The molecule has 0 radical (unpaired) electrons. The number of nitrogens with two attached hydrogens (primary N) is 2. The van der Waals surface area contributed by atoms with Crippen molar-refractivity contribution in [3.63, 3.8) is 0 Å². The number of hydrogen-bond donors (Lipinski definition) is 2. The number of halogens is 1. The summed E-state index contributed by atoms with van der Waals surface area (Å²) in [4.78, 5) is 25.1. The van der Waals surface area contributed by atoms with Crippen molar-refractivity contribution < 1.29 is 18.9 Å². The molecule has 0 bridgehead atoms. The third kappa shape index (κ3) is 8.10. The molecular weight excluding hydrogens is 712 g/mol. The summed E-state index contributed by atoms with van der Waals surface area (Å²) in [7, 11) is 0. The Kier molecular flexibility index (Phi) is 10.3. The first-order valence-electron chi connectivity index (χ1n) is 17.8. The summed E-state index contributed by atoms with van der Waals surface area (Å²) >= 11 is 5.93. The van der Waals surface area contributed by atoms with Crippen LogP contribution in [0.1, 0.15) is 63.1 Å². The minimum absolute atomic E-state index is 0.337. The van der Waals surface area contributed by atoms with Crippen LogP contribution in [-0.2, 0) is 9.47 Å². The summed E-state index contributed by atoms with van der Waals surface area (Å²) in [5.41, 5.74) is 17.2. The fraction of sp³-hybridized carbons (Fsp3) is 0.351. The summed E-state index contributed by atoms with van der Waals surface area (Å²) in [6.07, 6.45) is 16.7. The second kappa shape index (κ2) is 15.7. The second-order valence-electron chi connectivity index (χ2n) is 13.2. The van der Waals surface area contributed by atoms with Gasteiger partial charge in [0.05, 0.1) is 38.5 Å². The molecule has 2 aliphatic heterocycles. The highest BCUT2D eigenvalue weighted by atomic mass is 35.5. The van der Waals surface area contributed by atoms with E-state index in [0.29, 0.717) is 80.9 Å². The molecule has 2 fully saturated rings. The fourth-order valence-electron chi connectivity index (χ4n) is 5.93. The summed E-state index contributed by atoms with van der Waals surface area (Å²) < 4.78 is 25.9. The maximum Gasteiger partial charge on any atom is 0.253 e. The number of anilines is 2. The first kappa shape index (κ1) is 35.3. The van der Waals surface area contributed by atoms with Crippen molar-refractivity contribution in [3.8, 4) is 23.5 Å². The monoisotopic (exact) mass is 750 g/mol. The van der Waals surface area contributed by atoms with Crippen molar-refractivity contribution in [1.29, 1.82) is 0 Å². The van der Waals surface area contributed by atoms with Gasteiger partial charge in [0.15, 0.2) is 11.3 Å². The van der Waals surface area contributed by atoms with E-state index in [1.54, 1.807) is 24.5 Å². The van der Waals surface area contributed by atoms with E-state index in [4.69, 9.17) is 42.0 Å². The van der Waals surface area contributed by atoms with E-state index < -0.39 is 0 Å². The summed E-state index contributed by atoms with van der Waals surface area (Å²) in [5.74, 6) is 2.28. The topological polar surface area (TPSA) is 202 Å². The average molecular weight is 751 g/mol. The van der Waals surface area contributed by atoms with E-state index in [1.165, 1.54) is 23.8 Å². The van der Waals surface area contributed by atoms with E-state index in [0.717, 1.165) is 63.9 Å². The number of hydrogen-bond acceptors (Lipinski definition) is 14. The van der Waals surface area contributed by atoms with Gasteiger partial charge in [0.1, 0.15) is 35.1 Å². The number of ether oxygens (including phenoxy) is 4. The molecule has 2 saturated carbocycles. The van der Waals surface area contributed by atoms with Gasteiger partial charge in [0.25, 0.3) is 11.8 Å². The molecule has 0 amide bonds. The molecule has 2 aliphatic carbocycles. The van der Waals surface area contributed by atoms with Crippen molar-refractivity contribution >= 4 is 50.9 Å². The van der Waals surface area contributed by atoms with Crippen LogP contribution in [0.2, 0.25) is 5.02 Å². The lowest BCUT2D eigenvalue weighted by Crippen LogP contribution is -2.04. The fourth-order valence-corrected chi connectivity index (χ4v) is 6.08. The van der Waals surface area contributed by atoms with Crippen LogP contribution in [0, 0.1) is 0 Å². The van der Waals surface area contributed by atoms with Crippen LogP contribution < -0.4 is 20.9 Å². The van der Waals surface area contributed by atoms with Gasteiger partial charge in [0.2, 0.25) is 11.8 Å². The van der Waals surface area contributed by atoms with Crippen LogP contribution in [0.15, 0.2) is 67.0 Å². The Bertz CT molecular complexity index is 2350. The predicted molar refractivity (Wildman–Crippen MR) is 202 cm³/mol. The highest BCUT2D eigenvalue weighted by molar-refractivity contribution is 6.30. The molecule has 8 heterocycles. The molecule has 0 spiro atoms. The third-order valence-electron chi connectivity index (χ3n) is 9.12. The highest BCUT2D eigenvalue weighted by Crippen LogP contribution is 2.41. The van der Waals surface area contributed by atoms with Gasteiger partial charge in [-0.3, -0.25) is 0 Å². The van der Waals surface area contributed by atoms with Crippen molar-refractivity contribution in [1.82, 2.24) is 49.5 Å². The molecule has 54 heavy (non-hydrogen) atoms. The molecule has 0 atom stereocenters. The Morgan fingerprint density at radius 2 is 1.26 bits per heavy atom. The van der Waals surface area contributed by atoms with Crippen molar-refractivity contribution in [2.45, 2.75) is 57.5 Å². The largest absolute Gasteiger partial charge is 0.418 e. The van der Waals surface area contributed by atoms with E-state index in [-0.39, 0.29) is 0 Å². The number of nitrogen functional groups attached to an aromatic ring is 2. The van der Waals surface area contributed by atoms with Gasteiger partial charge >= 0.3 is 0 Å². The van der Waals surface area contributed by atoms with Crippen molar-refractivity contribution in [2.24, 2.45) is 0 Å². The van der Waals surface area contributed by atoms with Crippen molar-refractivity contribution in [3.05, 3.63) is 77.6 Å². The summed E-state index contributed by atoms with van der Waals surface area (Å²) in [5, 5.41) is 10.8. The molecule has 4 aliphatic rings. The Hall–Kier alpha value is -5.71. The minimum atomic E-state index is 0.337. The van der Waals surface area contributed by atoms with E-state index in [1.807, 2.05) is 21.5 Å². The zero-order valence-electron chi connectivity index (χ0n) is 29.6. The Labute approximate surface area is 315 Å². The summed E-state index contributed by atoms with van der Waals surface area (Å²) in [6, 6.07) is 7.89. The molecule has 4 N–H and O–H groups in total. The molecular formula is C37H39ClN12O4. The lowest BCUT2D eigenvalue weighted by Gasteiger charge is -2.14. The van der Waals surface area contributed by atoms with Crippen LogP contribution in [0.3, 0.4) is 0 Å². The van der Waals surface area contributed by atoms with Crippen LogP contribution in [-0.4, -0.2) is 75.9 Å². The Balaban J connectivity index is 0.000000132. The van der Waals surface area contributed by atoms with E-state index >= 15 is 0 Å². The van der Waals surface area contributed by atoms with Gasteiger partial charge in [-0.15, -0.1) is 10.2 Å². The predicted octanol–water partition coefficient (Wildman–Crippen LogP) is 6.67. The number of aromatic nitrogens is 10. The number of pyridine rings is 2. The van der Waals surface area contributed by atoms with Crippen LogP contribution >= 0.6 is 11.6 Å². The Morgan fingerprint density at radius 3 is 1.74 bits per heavy atom. The van der Waals surface area contributed by atoms with Gasteiger partial charge in [-0.1, -0.05) is 29.3 Å². The van der Waals surface area contributed by atoms with Gasteiger partial charge in [-0.2, -0.15) is 0 Å². The van der Waals surface area contributed by atoms with Crippen LogP contribution in [0.25, 0.3) is 27.6 Å². The molecule has 6 aromatic rings. The molecule has 0 unspecified atom stereocenters. The lowest BCUT2D eigenvalue weighted by atomic mass is 10.0. The van der Waals surface area contributed by atoms with Gasteiger partial charge in [0, 0.05) is 29.5 Å². The van der Waals surface area contributed by atoms with E-state index in [9.17, 15) is 0 Å². The zero-order valence-corrected chi connectivity index (χ0v) is 30.4. The SMILES string of the molecule is CC1=CCOCC1.Nc1ncnc2c1c(Oc1cc(C3=CCOCC3)ccn1)nn2C1CC1.Nc1ncnc2c1c(Oc1cc(Cl)ccn1)nn2C1CC1.